The predicted octanol–water partition coefficient (Wildman–Crippen LogP) is 10.6. The van der Waals surface area contributed by atoms with E-state index in [1.807, 2.05) is 47.6 Å². The van der Waals surface area contributed by atoms with Crippen molar-refractivity contribution < 1.29 is 24.2 Å². The standard InChI is InChI=1S/C25H33.C7H7.C5H5.CH2.2ClH.Zr/c1-15-13-21-19-11-7-8-12-20(19)24-18-10-6-5-9-17(18)14-22(24)23(21)16(2)25(15,3)4;1-7-5-3-2-4-6-7;1-2-4-5-3-1;;;;/h5-6,9-10,15,19-21,24H,7-8,11-14H2,1-4H3;3-6H,1H3;1-3H,4H2;1H2;2*1H;/q3*-1;;;;. The molecule has 7 rings (SSSR count). The first-order valence-corrected chi connectivity index (χ1v) is 16.8. The van der Waals surface area contributed by atoms with E-state index in [0.717, 1.165) is 36.0 Å². The molecule has 0 nitrogen and oxygen atoms in total. The van der Waals surface area contributed by atoms with Crippen LogP contribution in [0.5, 0.6) is 0 Å². The van der Waals surface area contributed by atoms with Crippen molar-refractivity contribution >= 4 is 29.0 Å². The van der Waals surface area contributed by atoms with Gasteiger partial charge in [0, 0.05) is 0 Å². The first-order valence-electron chi connectivity index (χ1n) is 15.0. The van der Waals surface area contributed by atoms with E-state index >= 15 is 0 Å². The molecule has 5 aliphatic carbocycles. The second-order valence-electron chi connectivity index (χ2n) is 12.6. The van der Waals surface area contributed by atoms with Crippen molar-refractivity contribution in [2.45, 2.75) is 85.5 Å². The van der Waals surface area contributed by atoms with E-state index in [-0.39, 0.29) is 24.8 Å². The second kappa shape index (κ2) is 16.6. The second-order valence-corrected chi connectivity index (χ2v) is 12.6. The summed E-state index contributed by atoms with van der Waals surface area (Å²) < 4.78 is 3.34. The van der Waals surface area contributed by atoms with Crippen molar-refractivity contribution in [2.75, 3.05) is 0 Å². The number of fused-ring (bicyclic) bond motifs is 7. The van der Waals surface area contributed by atoms with Crippen LogP contribution in [-0.4, -0.2) is 4.21 Å². The third-order valence-electron chi connectivity index (χ3n) is 10.4. The Kier molecular flexibility index (Phi) is 14.6. The van der Waals surface area contributed by atoms with Crippen LogP contribution in [0.4, 0.5) is 0 Å². The minimum atomic E-state index is 0. The van der Waals surface area contributed by atoms with Crippen molar-refractivity contribution in [2.24, 2.45) is 29.1 Å². The van der Waals surface area contributed by atoms with E-state index in [4.69, 9.17) is 0 Å². The van der Waals surface area contributed by atoms with E-state index in [9.17, 15) is 0 Å². The fraction of sp³-hybridized carbons (Fsp3) is 0.474. The Hall–Kier alpha value is -1.14. The summed E-state index contributed by atoms with van der Waals surface area (Å²) in [7, 11) is 0. The molecule has 2 saturated carbocycles. The van der Waals surface area contributed by atoms with Gasteiger partial charge in [0.05, 0.1) is 0 Å². The number of aryl methyl sites for hydroxylation is 1. The van der Waals surface area contributed by atoms with Crippen molar-refractivity contribution in [1.82, 2.24) is 0 Å². The number of benzene rings is 2. The van der Waals surface area contributed by atoms with Crippen LogP contribution in [-0.2, 0) is 30.7 Å². The van der Waals surface area contributed by atoms with Crippen molar-refractivity contribution in [3.63, 3.8) is 0 Å². The topological polar surface area (TPSA) is 0 Å². The molecule has 0 aliphatic heterocycles. The minimum absolute atomic E-state index is 0. The SMILES string of the molecule is C[C-]1C2=C3Cc4ccccc4C3C3CCCCC3C2CC(C)C1(C)C.Cc1cc[c-]cc1.Cl.Cl.[C-]1=CC=CC1.[CH2]=[Zr]. The van der Waals surface area contributed by atoms with Gasteiger partial charge in [0.1, 0.15) is 0 Å². The van der Waals surface area contributed by atoms with Gasteiger partial charge in [-0.15, -0.1) is 38.2 Å². The van der Waals surface area contributed by atoms with Crippen LogP contribution in [0.25, 0.3) is 0 Å². The summed E-state index contributed by atoms with van der Waals surface area (Å²) >= 11 is 1.30. The van der Waals surface area contributed by atoms with Crippen LogP contribution in [0, 0.1) is 54.1 Å². The van der Waals surface area contributed by atoms with Gasteiger partial charge in [-0.05, 0) is 30.6 Å². The van der Waals surface area contributed by atoms with Crippen molar-refractivity contribution in [3.8, 4) is 0 Å². The first kappa shape index (κ1) is 36.1. The molecule has 0 heterocycles. The Balaban J connectivity index is 0.000000306. The van der Waals surface area contributed by atoms with Gasteiger partial charge in [-0.2, -0.15) is 42.0 Å². The Bertz CT molecular complexity index is 1170. The molecular weight excluding hydrogens is 619 g/mol. The van der Waals surface area contributed by atoms with Crippen molar-refractivity contribution in [1.29, 1.82) is 0 Å². The molecule has 5 unspecified atom stereocenters. The Morgan fingerprint density at radius 3 is 2.20 bits per heavy atom. The maximum atomic E-state index is 3.34. The molecule has 2 fully saturated rings. The number of hydrogen-bond acceptors (Lipinski definition) is 0. The Morgan fingerprint density at radius 1 is 0.976 bits per heavy atom. The third-order valence-corrected chi connectivity index (χ3v) is 10.4. The molecule has 0 N–H and O–H groups in total. The van der Waals surface area contributed by atoms with E-state index in [0.29, 0.717) is 5.41 Å². The summed E-state index contributed by atoms with van der Waals surface area (Å²) in [5, 5.41) is 0. The maximum absolute atomic E-state index is 3.34. The summed E-state index contributed by atoms with van der Waals surface area (Å²) in [4.78, 5) is 0. The predicted molar refractivity (Wildman–Crippen MR) is 179 cm³/mol. The quantitative estimate of drug-likeness (QED) is 0.245. The van der Waals surface area contributed by atoms with Crippen LogP contribution in [0.2, 0.25) is 0 Å². The van der Waals surface area contributed by atoms with Crippen LogP contribution in [0.15, 0.2) is 77.9 Å². The van der Waals surface area contributed by atoms with Gasteiger partial charge in [0.2, 0.25) is 0 Å². The third kappa shape index (κ3) is 7.88. The molecule has 0 radical (unpaired) electrons. The number of allylic oxidation sites excluding steroid dienone is 6. The molecule has 2 aromatic carbocycles. The number of hydrogen-bond donors (Lipinski definition) is 0. The van der Waals surface area contributed by atoms with Crippen LogP contribution >= 0.6 is 24.8 Å². The van der Waals surface area contributed by atoms with Gasteiger partial charge >= 0.3 is 28.4 Å². The number of rotatable bonds is 0. The zero-order valence-corrected chi connectivity index (χ0v) is 29.8. The van der Waals surface area contributed by atoms with Gasteiger partial charge in [-0.25, -0.2) is 29.2 Å². The van der Waals surface area contributed by atoms with Gasteiger partial charge in [-0.3, -0.25) is 6.08 Å². The molecule has 0 amide bonds. The molecular formula is C38H49Cl2Zr-3. The molecule has 222 valence electrons. The van der Waals surface area contributed by atoms with Gasteiger partial charge in [0.15, 0.2) is 0 Å². The molecule has 0 aromatic heterocycles. The average Bonchev–Trinajstić information content (AvgIpc) is 3.66. The summed E-state index contributed by atoms with van der Waals surface area (Å²) in [5.74, 6) is 6.00. The van der Waals surface area contributed by atoms with Gasteiger partial charge < -0.3 is 0 Å². The van der Waals surface area contributed by atoms with Crippen molar-refractivity contribution in [3.05, 3.63) is 113 Å². The van der Waals surface area contributed by atoms with E-state index < -0.39 is 0 Å². The molecule has 5 aliphatic rings. The zero-order chi connectivity index (χ0) is 28.0. The average molecular weight is 668 g/mol. The normalized spacial score (nSPS) is 27.3. The molecule has 0 spiro atoms. The van der Waals surface area contributed by atoms with E-state index in [1.54, 1.807) is 17.0 Å². The molecule has 2 aromatic rings. The molecule has 0 bridgehead atoms. The number of halogens is 2. The molecule has 5 atom stereocenters. The monoisotopic (exact) mass is 665 g/mol. The fourth-order valence-electron chi connectivity index (χ4n) is 7.82. The summed E-state index contributed by atoms with van der Waals surface area (Å²) in [6, 6.07) is 20.2. The summed E-state index contributed by atoms with van der Waals surface area (Å²) in [6.07, 6.45) is 18.5. The molecule has 41 heavy (non-hydrogen) atoms. The molecule has 3 heteroatoms. The zero-order valence-electron chi connectivity index (χ0n) is 25.7. The van der Waals surface area contributed by atoms with Gasteiger partial charge in [-0.1, -0.05) is 106 Å². The van der Waals surface area contributed by atoms with Crippen LogP contribution in [0.1, 0.15) is 88.8 Å². The fourth-order valence-corrected chi connectivity index (χ4v) is 7.82. The van der Waals surface area contributed by atoms with Gasteiger partial charge in [0.25, 0.3) is 0 Å². The summed E-state index contributed by atoms with van der Waals surface area (Å²) in [6.45, 7) is 12.1. The van der Waals surface area contributed by atoms with E-state index in [2.05, 4.69) is 81.3 Å². The first-order chi connectivity index (χ1) is 18.9. The Labute approximate surface area is 278 Å². The molecule has 0 saturated heterocycles. The summed E-state index contributed by atoms with van der Waals surface area (Å²) in [5.41, 5.74) is 8.64. The van der Waals surface area contributed by atoms with Crippen LogP contribution in [0.3, 0.4) is 0 Å². The van der Waals surface area contributed by atoms with Crippen LogP contribution < -0.4 is 0 Å². The van der Waals surface area contributed by atoms with E-state index in [1.165, 1.54) is 68.3 Å². The Morgan fingerprint density at radius 2 is 1.63 bits per heavy atom.